The zero-order chi connectivity index (χ0) is 20.1. The van der Waals surface area contributed by atoms with Crippen LogP contribution in [0, 0.1) is 5.41 Å². The van der Waals surface area contributed by atoms with Crippen molar-refractivity contribution in [3.05, 3.63) is 29.8 Å². The molecule has 1 unspecified atom stereocenters. The average molecular weight is 383 g/mol. The van der Waals surface area contributed by atoms with Gasteiger partial charge in [0.25, 0.3) is 0 Å². The molecule has 0 bridgehead atoms. The Kier molecular flexibility index (Phi) is 10.2. The highest BCUT2D eigenvalue weighted by molar-refractivity contribution is 5.82. The molecule has 3 N–H and O–H groups in total. The predicted octanol–water partition coefficient (Wildman–Crippen LogP) is 1.63. The first-order valence-electron chi connectivity index (χ1n) is 8.95. The second kappa shape index (κ2) is 12.1. The number of phenols is 1. The van der Waals surface area contributed by atoms with E-state index in [0.717, 1.165) is 12.0 Å². The first kappa shape index (κ1) is 22.7. The number of phenolic OH excluding ortho intramolecular Hbond substituents is 1. The van der Waals surface area contributed by atoms with E-state index in [0.29, 0.717) is 19.6 Å². The van der Waals surface area contributed by atoms with E-state index < -0.39 is 24.1 Å². The van der Waals surface area contributed by atoms with E-state index in [-0.39, 0.29) is 25.6 Å². The average Bonchev–Trinajstić information content (AvgIpc) is 2.67. The summed E-state index contributed by atoms with van der Waals surface area (Å²) in [6.07, 6.45) is 0.529. The van der Waals surface area contributed by atoms with Gasteiger partial charge in [0.15, 0.2) is 0 Å². The van der Waals surface area contributed by atoms with E-state index in [1.807, 2.05) is 6.92 Å². The molecule has 1 atom stereocenters. The van der Waals surface area contributed by atoms with Gasteiger partial charge in [0.1, 0.15) is 24.4 Å². The van der Waals surface area contributed by atoms with E-state index in [2.05, 4.69) is 5.32 Å². The minimum Gasteiger partial charge on any atom is -0.508 e. The maximum atomic E-state index is 12.3. The number of hydrogen-bond acceptors (Lipinski definition) is 7. The Morgan fingerprint density at radius 3 is 2.44 bits per heavy atom. The lowest BCUT2D eigenvalue weighted by Crippen LogP contribution is -2.45. The lowest BCUT2D eigenvalue weighted by Gasteiger charge is -2.25. The molecule has 8 heteroatoms. The highest BCUT2D eigenvalue weighted by Crippen LogP contribution is 2.17. The quantitative estimate of drug-likeness (QED) is 0.371. The Bertz CT molecular complexity index is 576. The number of aromatic hydroxyl groups is 1. The van der Waals surface area contributed by atoms with Crippen molar-refractivity contribution in [2.45, 2.75) is 26.7 Å². The third-order valence-corrected chi connectivity index (χ3v) is 3.84. The van der Waals surface area contributed by atoms with E-state index in [1.54, 1.807) is 24.3 Å². The molecule has 0 saturated carbocycles. The number of benzene rings is 1. The molecule has 1 amide bonds. The summed E-state index contributed by atoms with van der Waals surface area (Å²) in [7, 11) is 0. The van der Waals surface area contributed by atoms with Gasteiger partial charge in [0.05, 0.1) is 13.2 Å². The number of aliphatic hydroxyl groups excluding tert-OH is 1. The number of amides is 1. The Hall–Kier alpha value is -2.32. The van der Waals surface area contributed by atoms with Crippen LogP contribution in [0.5, 0.6) is 5.75 Å². The molecule has 0 aliphatic carbocycles. The summed E-state index contributed by atoms with van der Waals surface area (Å²) in [4.78, 5) is 23.9. The van der Waals surface area contributed by atoms with Gasteiger partial charge in [-0.2, -0.15) is 0 Å². The van der Waals surface area contributed by atoms with Crippen LogP contribution in [-0.2, 0) is 25.4 Å². The second-order valence-electron chi connectivity index (χ2n) is 6.39. The molecule has 0 aromatic heterocycles. The SMILES string of the molecule is CCCOCCOC(=O)OCC(C)(CO)C(=O)NCCc1ccc(O)cc1. The monoisotopic (exact) mass is 383 g/mol. The molecule has 0 radical (unpaired) electrons. The smallest absolute Gasteiger partial charge is 0.508 e. The van der Waals surface area contributed by atoms with Gasteiger partial charge in [0, 0.05) is 13.2 Å². The largest absolute Gasteiger partial charge is 0.508 e. The first-order chi connectivity index (χ1) is 12.9. The first-order valence-corrected chi connectivity index (χ1v) is 8.95. The summed E-state index contributed by atoms with van der Waals surface area (Å²) in [5.41, 5.74) is -0.323. The standard InChI is InChI=1S/C19H29NO7/c1-3-10-25-11-12-26-18(24)27-14-19(2,13-21)17(23)20-9-8-15-4-6-16(22)7-5-15/h4-7,21-22H,3,8-14H2,1-2H3,(H,20,23). The minimum atomic E-state index is -1.27. The van der Waals surface area contributed by atoms with E-state index in [4.69, 9.17) is 14.2 Å². The molecule has 0 aliphatic heterocycles. The molecule has 0 saturated heterocycles. The van der Waals surface area contributed by atoms with Crippen LogP contribution in [0.1, 0.15) is 25.8 Å². The lowest BCUT2D eigenvalue weighted by atomic mass is 9.91. The van der Waals surface area contributed by atoms with Crippen LogP contribution in [0.2, 0.25) is 0 Å². The third-order valence-electron chi connectivity index (χ3n) is 3.84. The van der Waals surface area contributed by atoms with Crippen LogP contribution in [0.4, 0.5) is 4.79 Å². The van der Waals surface area contributed by atoms with Crippen LogP contribution in [0.15, 0.2) is 24.3 Å². The number of aliphatic hydroxyl groups is 1. The lowest BCUT2D eigenvalue weighted by molar-refractivity contribution is -0.135. The summed E-state index contributed by atoms with van der Waals surface area (Å²) in [6.45, 7) is 3.96. The maximum absolute atomic E-state index is 12.3. The molecule has 0 fully saturated rings. The summed E-state index contributed by atoms with van der Waals surface area (Å²) < 4.78 is 14.9. The number of nitrogens with one attached hydrogen (secondary N) is 1. The van der Waals surface area contributed by atoms with Gasteiger partial charge in [-0.1, -0.05) is 19.1 Å². The number of carbonyl (C=O) groups excluding carboxylic acids is 2. The molecule has 27 heavy (non-hydrogen) atoms. The van der Waals surface area contributed by atoms with E-state index in [1.165, 1.54) is 6.92 Å². The van der Waals surface area contributed by atoms with Crippen molar-refractivity contribution in [1.82, 2.24) is 5.32 Å². The molecular formula is C19H29NO7. The zero-order valence-corrected chi connectivity index (χ0v) is 15.9. The summed E-state index contributed by atoms with van der Waals surface area (Å²) in [5, 5.41) is 21.5. The van der Waals surface area contributed by atoms with Gasteiger partial charge in [0.2, 0.25) is 5.91 Å². The number of carbonyl (C=O) groups is 2. The molecule has 0 spiro atoms. The van der Waals surface area contributed by atoms with Crippen LogP contribution in [0.3, 0.4) is 0 Å². The molecule has 8 nitrogen and oxygen atoms in total. The van der Waals surface area contributed by atoms with Crippen molar-refractivity contribution >= 4 is 12.1 Å². The highest BCUT2D eigenvalue weighted by Gasteiger charge is 2.34. The van der Waals surface area contributed by atoms with Crippen molar-refractivity contribution < 1.29 is 34.0 Å². The molecule has 0 aliphatic rings. The highest BCUT2D eigenvalue weighted by atomic mass is 16.7. The normalized spacial score (nSPS) is 12.9. The van der Waals surface area contributed by atoms with Crippen molar-refractivity contribution in [2.75, 3.05) is 39.6 Å². The number of ether oxygens (including phenoxy) is 3. The maximum Gasteiger partial charge on any atom is 0.508 e. The fraction of sp³-hybridized carbons (Fsp3) is 0.579. The molecule has 152 valence electrons. The van der Waals surface area contributed by atoms with E-state index in [9.17, 15) is 19.8 Å². The van der Waals surface area contributed by atoms with Crippen LogP contribution >= 0.6 is 0 Å². The van der Waals surface area contributed by atoms with Crippen LogP contribution < -0.4 is 5.32 Å². The van der Waals surface area contributed by atoms with Crippen molar-refractivity contribution in [3.8, 4) is 5.75 Å². The summed E-state index contributed by atoms with van der Waals surface area (Å²) >= 11 is 0. The van der Waals surface area contributed by atoms with Gasteiger partial charge >= 0.3 is 6.16 Å². The van der Waals surface area contributed by atoms with Gasteiger partial charge in [-0.05, 0) is 37.5 Å². The Labute approximate surface area is 159 Å². The molecule has 1 aromatic rings. The van der Waals surface area contributed by atoms with Crippen molar-refractivity contribution in [3.63, 3.8) is 0 Å². The molecule has 1 aromatic carbocycles. The topological polar surface area (TPSA) is 114 Å². The van der Waals surface area contributed by atoms with Crippen LogP contribution in [-0.4, -0.2) is 61.9 Å². The Morgan fingerprint density at radius 2 is 1.81 bits per heavy atom. The van der Waals surface area contributed by atoms with Crippen molar-refractivity contribution in [1.29, 1.82) is 0 Å². The van der Waals surface area contributed by atoms with Crippen LogP contribution in [0.25, 0.3) is 0 Å². The number of rotatable bonds is 12. The molecule has 0 heterocycles. The van der Waals surface area contributed by atoms with Gasteiger partial charge in [-0.25, -0.2) is 4.79 Å². The van der Waals surface area contributed by atoms with Gasteiger partial charge < -0.3 is 29.7 Å². The fourth-order valence-corrected chi connectivity index (χ4v) is 2.07. The predicted molar refractivity (Wildman–Crippen MR) is 98.4 cm³/mol. The summed E-state index contributed by atoms with van der Waals surface area (Å²) in [5.74, 6) is -0.251. The molecule has 1 rings (SSSR count). The van der Waals surface area contributed by atoms with Gasteiger partial charge in [-0.3, -0.25) is 4.79 Å². The molecular weight excluding hydrogens is 354 g/mol. The fourth-order valence-electron chi connectivity index (χ4n) is 2.07. The second-order valence-corrected chi connectivity index (χ2v) is 6.39. The third kappa shape index (κ3) is 8.74. The number of hydrogen-bond donors (Lipinski definition) is 3. The minimum absolute atomic E-state index is 0.0630. The Balaban J connectivity index is 2.33. The summed E-state index contributed by atoms with van der Waals surface area (Å²) in [6, 6.07) is 6.66. The Morgan fingerprint density at radius 1 is 1.11 bits per heavy atom. The zero-order valence-electron chi connectivity index (χ0n) is 15.9. The van der Waals surface area contributed by atoms with E-state index >= 15 is 0 Å². The van der Waals surface area contributed by atoms with Crippen molar-refractivity contribution in [2.24, 2.45) is 5.41 Å². The van der Waals surface area contributed by atoms with Gasteiger partial charge in [-0.15, -0.1) is 0 Å².